The summed E-state index contributed by atoms with van der Waals surface area (Å²) in [5, 5.41) is 10.3. The SMILES string of the molecule is COC(=O)N1C(=O)[C@H]2[C@H](CC=C3[C@H]2C[C@@]2(Cl)C(=O)N(CBr)C(=O)[C@@]2(Cl)[C@H]3c2c(OC)cc(O)cc2OC)C1=O. The molecule has 208 valence electrons. The van der Waals surface area contributed by atoms with Crippen molar-refractivity contribution < 1.29 is 43.3 Å². The van der Waals surface area contributed by atoms with Crippen LogP contribution in [0.25, 0.3) is 0 Å². The highest BCUT2D eigenvalue weighted by atomic mass is 79.9. The summed E-state index contributed by atoms with van der Waals surface area (Å²) in [4.78, 5) is 63.7. The fourth-order valence-corrected chi connectivity index (χ4v) is 7.96. The van der Waals surface area contributed by atoms with Crippen molar-refractivity contribution in [2.45, 2.75) is 28.5 Å². The molecule has 2 heterocycles. The Balaban J connectivity index is 1.79. The molecule has 5 rings (SSSR count). The number of phenolic OH excluding ortho intramolecular Hbond substituents is 1. The van der Waals surface area contributed by atoms with Crippen LogP contribution < -0.4 is 9.47 Å². The van der Waals surface area contributed by atoms with E-state index in [0.717, 1.165) is 12.0 Å². The molecular formula is C25H23BrCl2N2O9. The van der Waals surface area contributed by atoms with Crippen LogP contribution in [-0.2, 0) is 23.9 Å². The summed E-state index contributed by atoms with van der Waals surface area (Å²) in [5.74, 6) is -7.05. The van der Waals surface area contributed by atoms with Gasteiger partial charge < -0.3 is 19.3 Å². The van der Waals surface area contributed by atoms with Crippen LogP contribution in [0, 0.1) is 17.8 Å². The molecule has 2 aliphatic carbocycles. The van der Waals surface area contributed by atoms with E-state index in [-0.39, 0.29) is 41.1 Å². The molecule has 1 N–H and O–H groups in total. The second-order valence-corrected chi connectivity index (χ2v) is 11.5. The summed E-state index contributed by atoms with van der Waals surface area (Å²) in [5.41, 5.74) is 0.509. The molecule has 1 aromatic carbocycles. The Labute approximate surface area is 241 Å². The van der Waals surface area contributed by atoms with E-state index in [2.05, 4.69) is 20.7 Å². The van der Waals surface area contributed by atoms with Crippen molar-refractivity contribution in [3.05, 3.63) is 29.3 Å². The molecule has 0 bridgehead atoms. The monoisotopic (exact) mass is 644 g/mol. The zero-order valence-electron chi connectivity index (χ0n) is 20.9. The highest BCUT2D eigenvalue weighted by Crippen LogP contribution is 2.67. The number of rotatable bonds is 4. The molecule has 5 amide bonds. The van der Waals surface area contributed by atoms with Crippen molar-refractivity contribution in [3.8, 4) is 17.2 Å². The number of hydrogen-bond acceptors (Lipinski definition) is 9. The minimum absolute atomic E-state index is 0.0559. The molecule has 0 radical (unpaired) electrons. The molecule has 11 nitrogen and oxygen atoms in total. The fourth-order valence-electron chi connectivity index (χ4n) is 6.55. The van der Waals surface area contributed by atoms with Gasteiger partial charge in [0.2, 0.25) is 11.8 Å². The average Bonchev–Trinajstić information content (AvgIpc) is 3.25. The van der Waals surface area contributed by atoms with Gasteiger partial charge in [-0.1, -0.05) is 27.6 Å². The van der Waals surface area contributed by atoms with Gasteiger partial charge >= 0.3 is 6.09 Å². The minimum atomic E-state index is -2.10. The van der Waals surface area contributed by atoms with E-state index in [4.69, 9.17) is 32.7 Å². The first-order chi connectivity index (χ1) is 18.4. The van der Waals surface area contributed by atoms with Gasteiger partial charge in [0.25, 0.3) is 11.8 Å². The molecule has 4 aliphatic rings. The van der Waals surface area contributed by atoms with Crippen molar-refractivity contribution in [2.75, 3.05) is 26.8 Å². The van der Waals surface area contributed by atoms with Crippen molar-refractivity contribution in [2.24, 2.45) is 17.8 Å². The Hall–Kier alpha value is -2.83. The number of amides is 5. The molecule has 39 heavy (non-hydrogen) atoms. The second kappa shape index (κ2) is 9.38. The number of aromatic hydroxyl groups is 1. The predicted octanol–water partition coefficient (Wildman–Crippen LogP) is 2.89. The van der Waals surface area contributed by atoms with Gasteiger partial charge in [0.05, 0.1) is 38.6 Å². The highest BCUT2D eigenvalue weighted by Gasteiger charge is 2.77. The smallest absolute Gasteiger partial charge is 0.423 e. The van der Waals surface area contributed by atoms with Crippen LogP contribution >= 0.6 is 39.1 Å². The Morgan fingerprint density at radius 2 is 1.67 bits per heavy atom. The van der Waals surface area contributed by atoms with Gasteiger partial charge in [0.15, 0.2) is 9.75 Å². The number of halogens is 3. The van der Waals surface area contributed by atoms with Crippen LogP contribution in [0.4, 0.5) is 4.79 Å². The molecule has 0 unspecified atom stereocenters. The molecule has 2 aliphatic heterocycles. The van der Waals surface area contributed by atoms with Crippen molar-refractivity contribution >= 4 is 68.9 Å². The maximum absolute atomic E-state index is 13.9. The number of carbonyl (C=O) groups excluding carboxylic acids is 5. The van der Waals surface area contributed by atoms with Gasteiger partial charge in [-0.15, -0.1) is 23.2 Å². The molecule has 1 aromatic rings. The summed E-state index contributed by atoms with van der Waals surface area (Å²) in [6, 6.07) is 2.60. The van der Waals surface area contributed by atoms with E-state index in [1.807, 2.05) is 0 Å². The largest absolute Gasteiger partial charge is 0.508 e. The number of allylic oxidation sites excluding steroid dienone is 2. The quantitative estimate of drug-likeness (QED) is 0.227. The zero-order chi connectivity index (χ0) is 28.6. The van der Waals surface area contributed by atoms with Gasteiger partial charge in [-0.3, -0.25) is 24.1 Å². The summed E-state index contributed by atoms with van der Waals surface area (Å²) < 4.78 is 15.8. The first-order valence-corrected chi connectivity index (χ1v) is 13.7. The molecule has 1 saturated carbocycles. The van der Waals surface area contributed by atoms with Gasteiger partial charge in [0, 0.05) is 23.6 Å². The highest BCUT2D eigenvalue weighted by molar-refractivity contribution is 9.09. The zero-order valence-corrected chi connectivity index (χ0v) is 24.0. The van der Waals surface area contributed by atoms with Gasteiger partial charge in [0.1, 0.15) is 17.2 Å². The summed E-state index contributed by atoms with van der Waals surface area (Å²) >= 11 is 17.5. The van der Waals surface area contributed by atoms with Gasteiger partial charge in [-0.25, -0.2) is 4.79 Å². The number of nitrogens with zero attached hydrogens (tertiary/aromatic N) is 2. The van der Waals surface area contributed by atoms with Gasteiger partial charge in [-0.2, -0.15) is 4.90 Å². The van der Waals surface area contributed by atoms with E-state index >= 15 is 0 Å². The third kappa shape index (κ3) is 3.43. The second-order valence-electron chi connectivity index (χ2n) is 9.73. The number of imide groups is 4. The number of carbonyl (C=O) groups is 5. The van der Waals surface area contributed by atoms with E-state index in [0.29, 0.717) is 10.5 Å². The summed E-state index contributed by atoms with van der Waals surface area (Å²) in [6.07, 6.45) is 0.385. The third-order valence-corrected chi connectivity index (χ3v) is 10.1. The Morgan fingerprint density at radius 1 is 1.05 bits per heavy atom. The van der Waals surface area contributed by atoms with Crippen molar-refractivity contribution in [1.29, 1.82) is 0 Å². The molecule has 3 fully saturated rings. The lowest BCUT2D eigenvalue weighted by atomic mass is 9.56. The normalized spacial score (nSPS) is 33.4. The predicted molar refractivity (Wildman–Crippen MR) is 139 cm³/mol. The number of alkyl halides is 3. The number of methoxy groups -OCH3 is 3. The summed E-state index contributed by atoms with van der Waals surface area (Å²) in [6.45, 7) is 0. The van der Waals surface area contributed by atoms with Crippen molar-refractivity contribution in [3.63, 3.8) is 0 Å². The molecule has 14 heteroatoms. The number of fused-ring (bicyclic) bond motifs is 4. The Bertz CT molecular complexity index is 1340. The van der Waals surface area contributed by atoms with Crippen LogP contribution in [0.3, 0.4) is 0 Å². The maximum Gasteiger partial charge on any atom is 0.423 e. The molecular weight excluding hydrogens is 623 g/mol. The van der Waals surface area contributed by atoms with Gasteiger partial charge in [-0.05, 0) is 18.8 Å². The van der Waals surface area contributed by atoms with Crippen LogP contribution in [-0.4, -0.2) is 81.2 Å². The Kier molecular flexibility index (Phi) is 6.67. The van der Waals surface area contributed by atoms with Crippen LogP contribution in [0.1, 0.15) is 24.3 Å². The van der Waals surface area contributed by atoms with Crippen LogP contribution in [0.15, 0.2) is 23.8 Å². The number of phenols is 1. The van der Waals surface area contributed by atoms with E-state index in [1.54, 1.807) is 6.08 Å². The first-order valence-electron chi connectivity index (χ1n) is 11.8. The standard InChI is InChI=1S/C25H23BrCl2N2O9/c1-37-14-6-10(31)7-15(38-2)17(14)18-11-4-5-12-16(20(33)30(19(12)32)23(36)39-3)13(11)8-24(27)21(34)29(9-26)22(35)25(18,24)28/h4,6-7,12-13,16,18,31H,5,8-9H2,1-3H3/t12-,13+,16-,18+,24+,25-/m0/s1. The molecule has 0 aromatic heterocycles. The fraction of sp³-hybridized carbons (Fsp3) is 0.480. The minimum Gasteiger partial charge on any atom is -0.508 e. The van der Waals surface area contributed by atoms with Crippen LogP contribution in [0.2, 0.25) is 0 Å². The van der Waals surface area contributed by atoms with E-state index in [9.17, 15) is 29.1 Å². The lowest BCUT2D eigenvalue weighted by Crippen LogP contribution is -2.60. The van der Waals surface area contributed by atoms with Crippen molar-refractivity contribution in [1.82, 2.24) is 9.80 Å². The molecule has 6 atom stereocenters. The third-order valence-electron chi connectivity index (χ3n) is 8.19. The van der Waals surface area contributed by atoms with Crippen LogP contribution in [0.5, 0.6) is 17.2 Å². The first kappa shape index (κ1) is 27.7. The number of ether oxygens (including phenoxy) is 3. The number of likely N-dealkylation sites (tertiary alicyclic amines) is 2. The van der Waals surface area contributed by atoms with E-state index in [1.165, 1.54) is 26.4 Å². The lowest BCUT2D eigenvalue weighted by Gasteiger charge is -2.51. The number of hydrogen-bond donors (Lipinski definition) is 1. The average molecular weight is 646 g/mol. The molecule has 0 spiro atoms. The molecule has 2 saturated heterocycles. The topological polar surface area (TPSA) is 140 Å². The lowest BCUT2D eigenvalue weighted by molar-refractivity contribution is -0.140. The maximum atomic E-state index is 13.9. The number of benzene rings is 1. The Morgan fingerprint density at radius 3 is 2.21 bits per heavy atom. The summed E-state index contributed by atoms with van der Waals surface area (Å²) in [7, 11) is 3.75. The van der Waals surface area contributed by atoms with E-state index < -0.39 is 63.1 Å².